The second-order valence-electron chi connectivity index (χ2n) is 4.38. The highest BCUT2D eigenvalue weighted by Gasteiger charge is 2.14. The molecule has 2 rings (SSSR count). The van der Waals surface area contributed by atoms with Gasteiger partial charge in [0.15, 0.2) is 11.5 Å². The maximum Gasteiger partial charge on any atom is 0.160 e. The minimum Gasteiger partial charge on any atom is -0.493 e. The van der Waals surface area contributed by atoms with Gasteiger partial charge < -0.3 is 14.6 Å². The summed E-state index contributed by atoms with van der Waals surface area (Å²) in [6.07, 6.45) is 0.0972. The summed E-state index contributed by atoms with van der Waals surface area (Å²) in [5, 5.41) is 12.3. The van der Waals surface area contributed by atoms with Crippen molar-refractivity contribution in [2.45, 2.75) is 19.4 Å². The highest BCUT2D eigenvalue weighted by molar-refractivity contribution is 7.10. The molecule has 1 unspecified atom stereocenters. The van der Waals surface area contributed by atoms with Crippen LogP contribution in [0.15, 0.2) is 29.6 Å². The number of methoxy groups -OCH3 is 2. The third kappa shape index (κ3) is 3.08. The smallest absolute Gasteiger partial charge is 0.160 e. The Bertz CT molecular complexity index is 548. The number of aliphatic hydroxyl groups is 1. The van der Waals surface area contributed by atoms with Crippen LogP contribution in [-0.4, -0.2) is 19.3 Å². The summed E-state index contributed by atoms with van der Waals surface area (Å²) in [6.45, 7) is 2.02. The van der Waals surface area contributed by atoms with Gasteiger partial charge in [0, 0.05) is 11.3 Å². The molecule has 1 atom stereocenters. The largest absolute Gasteiger partial charge is 0.493 e. The molecular weight excluding hydrogens is 260 g/mol. The van der Waals surface area contributed by atoms with E-state index in [0.717, 1.165) is 16.0 Å². The average molecular weight is 278 g/mol. The van der Waals surface area contributed by atoms with Gasteiger partial charge >= 0.3 is 0 Å². The van der Waals surface area contributed by atoms with E-state index >= 15 is 0 Å². The second kappa shape index (κ2) is 6.08. The third-order valence-corrected chi connectivity index (χ3v) is 4.20. The second-order valence-corrected chi connectivity index (χ2v) is 5.32. The molecule has 0 aliphatic heterocycles. The molecule has 0 radical (unpaired) electrons. The normalized spacial score (nSPS) is 12.2. The number of rotatable bonds is 5. The van der Waals surface area contributed by atoms with Crippen molar-refractivity contribution in [1.82, 2.24) is 0 Å². The molecule has 4 heteroatoms. The fourth-order valence-electron chi connectivity index (χ4n) is 2.05. The molecule has 0 bridgehead atoms. The van der Waals surface area contributed by atoms with E-state index in [1.165, 1.54) is 0 Å². The maximum absolute atomic E-state index is 10.3. The number of benzene rings is 1. The topological polar surface area (TPSA) is 38.7 Å². The molecule has 19 heavy (non-hydrogen) atoms. The van der Waals surface area contributed by atoms with Gasteiger partial charge in [-0.2, -0.15) is 0 Å². The lowest BCUT2D eigenvalue weighted by Gasteiger charge is -2.13. The first-order valence-corrected chi connectivity index (χ1v) is 6.96. The van der Waals surface area contributed by atoms with Gasteiger partial charge in [0.2, 0.25) is 0 Å². The van der Waals surface area contributed by atoms with Crippen molar-refractivity contribution in [2.24, 2.45) is 0 Å². The highest BCUT2D eigenvalue weighted by atomic mass is 32.1. The summed E-state index contributed by atoms with van der Waals surface area (Å²) in [7, 11) is 3.23. The van der Waals surface area contributed by atoms with Crippen molar-refractivity contribution in [2.75, 3.05) is 14.2 Å². The molecule has 102 valence electrons. The van der Waals surface area contributed by atoms with Crippen molar-refractivity contribution >= 4 is 11.3 Å². The molecule has 1 aromatic heterocycles. The third-order valence-electron chi connectivity index (χ3n) is 3.08. The first-order valence-electron chi connectivity index (χ1n) is 6.08. The Kier molecular flexibility index (Phi) is 4.45. The number of aryl methyl sites for hydroxylation is 1. The van der Waals surface area contributed by atoms with E-state index in [4.69, 9.17) is 9.47 Å². The summed E-state index contributed by atoms with van der Waals surface area (Å²) < 4.78 is 10.5. The summed E-state index contributed by atoms with van der Waals surface area (Å²) in [4.78, 5) is 1.02. The SMILES string of the molecule is COc1ccc(CC(O)c2sccc2C)cc1OC. The molecule has 0 aliphatic carbocycles. The van der Waals surface area contributed by atoms with Crippen LogP contribution in [0, 0.1) is 6.92 Å². The van der Waals surface area contributed by atoms with Crippen molar-refractivity contribution in [1.29, 1.82) is 0 Å². The molecule has 0 aliphatic rings. The quantitative estimate of drug-likeness (QED) is 0.911. The van der Waals surface area contributed by atoms with Gasteiger partial charge in [0.05, 0.1) is 20.3 Å². The number of ether oxygens (including phenoxy) is 2. The van der Waals surface area contributed by atoms with Crippen LogP contribution in [0.1, 0.15) is 22.1 Å². The highest BCUT2D eigenvalue weighted by Crippen LogP contribution is 2.31. The standard InChI is InChI=1S/C15H18O3S/c1-10-6-7-19-15(10)12(16)8-11-4-5-13(17-2)14(9-11)18-3/h4-7,9,12,16H,8H2,1-3H3. The van der Waals surface area contributed by atoms with E-state index in [0.29, 0.717) is 17.9 Å². The minimum absolute atomic E-state index is 0.474. The van der Waals surface area contributed by atoms with Crippen molar-refractivity contribution in [3.8, 4) is 11.5 Å². The fourth-order valence-corrected chi connectivity index (χ4v) is 2.96. The predicted octanol–water partition coefficient (Wildman–Crippen LogP) is 3.35. The summed E-state index contributed by atoms with van der Waals surface area (Å²) in [6, 6.07) is 7.75. The Morgan fingerprint density at radius 1 is 1.16 bits per heavy atom. The molecule has 0 amide bonds. The zero-order valence-electron chi connectivity index (χ0n) is 11.3. The molecule has 2 aromatic rings. The lowest BCUT2D eigenvalue weighted by Crippen LogP contribution is -2.02. The monoisotopic (exact) mass is 278 g/mol. The van der Waals surface area contributed by atoms with E-state index in [1.807, 2.05) is 36.6 Å². The lowest BCUT2D eigenvalue weighted by molar-refractivity contribution is 0.181. The Labute approximate surface area is 117 Å². The van der Waals surface area contributed by atoms with Crippen molar-refractivity contribution in [3.63, 3.8) is 0 Å². The van der Waals surface area contributed by atoms with Gasteiger partial charge in [0.25, 0.3) is 0 Å². The Morgan fingerprint density at radius 3 is 2.47 bits per heavy atom. The van der Waals surface area contributed by atoms with Gasteiger partial charge in [-0.1, -0.05) is 6.07 Å². The van der Waals surface area contributed by atoms with Gasteiger partial charge in [-0.05, 0) is 41.6 Å². The van der Waals surface area contributed by atoms with E-state index < -0.39 is 6.10 Å². The molecule has 1 N–H and O–H groups in total. The minimum atomic E-state index is -0.474. The molecule has 0 fully saturated rings. The molecule has 1 aromatic carbocycles. The number of hydrogen-bond donors (Lipinski definition) is 1. The van der Waals surface area contributed by atoms with E-state index in [-0.39, 0.29) is 0 Å². The zero-order chi connectivity index (χ0) is 13.8. The maximum atomic E-state index is 10.3. The van der Waals surface area contributed by atoms with Crippen LogP contribution in [-0.2, 0) is 6.42 Å². The fraction of sp³-hybridized carbons (Fsp3) is 0.333. The molecule has 1 heterocycles. The summed E-state index contributed by atoms with van der Waals surface area (Å²) >= 11 is 1.59. The predicted molar refractivity (Wildman–Crippen MR) is 77.3 cm³/mol. The van der Waals surface area contributed by atoms with Gasteiger partial charge in [-0.25, -0.2) is 0 Å². The van der Waals surface area contributed by atoms with Crippen LogP contribution in [0.4, 0.5) is 0 Å². The molecule has 3 nitrogen and oxygen atoms in total. The van der Waals surface area contributed by atoms with Crippen LogP contribution in [0.25, 0.3) is 0 Å². The van der Waals surface area contributed by atoms with E-state index in [1.54, 1.807) is 25.6 Å². The van der Waals surface area contributed by atoms with Gasteiger partial charge in [-0.15, -0.1) is 11.3 Å². The lowest BCUT2D eigenvalue weighted by atomic mass is 10.0. The zero-order valence-corrected chi connectivity index (χ0v) is 12.2. The molecule has 0 saturated carbocycles. The first-order chi connectivity index (χ1) is 9.15. The molecule has 0 saturated heterocycles. The Morgan fingerprint density at radius 2 is 1.89 bits per heavy atom. The van der Waals surface area contributed by atoms with Crippen LogP contribution in [0.2, 0.25) is 0 Å². The molecule has 0 spiro atoms. The summed E-state index contributed by atoms with van der Waals surface area (Å²) in [5.74, 6) is 1.39. The van der Waals surface area contributed by atoms with Crippen LogP contribution in [0.3, 0.4) is 0 Å². The van der Waals surface area contributed by atoms with Crippen molar-refractivity contribution < 1.29 is 14.6 Å². The van der Waals surface area contributed by atoms with Gasteiger partial charge in [0.1, 0.15) is 0 Å². The number of thiophene rings is 1. The number of hydrogen-bond acceptors (Lipinski definition) is 4. The van der Waals surface area contributed by atoms with E-state index in [9.17, 15) is 5.11 Å². The van der Waals surface area contributed by atoms with Crippen molar-refractivity contribution in [3.05, 3.63) is 45.6 Å². The van der Waals surface area contributed by atoms with E-state index in [2.05, 4.69) is 0 Å². The Hall–Kier alpha value is -1.52. The number of aliphatic hydroxyl groups excluding tert-OH is 1. The van der Waals surface area contributed by atoms with Crippen LogP contribution >= 0.6 is 11.3 Å². The van der Waals surface area contributed by atoms with Gasteiger partial charge in [-0.3, -0.25) is 0 Å². The van der Waals surface area contributed by atoms with Crippen LogP contribution in [0.5, 0.6) is 11.5 Å². The summed E-state index contributed by atoms with van der Waals surface area (Å²) in [5.41, 5.74) is 2.16. The molecular formula is C15H18O3S. The Balaban J connectivity index is 2.17. The average Bonchev–Trinajstić information content (AvgIpc) is 2.85. The van der Waals surface area contributed by atoms with Crippen LogP contribution < -0.4 is 9.47 Å². The first kappa shape index (κ1) is 13.9.